The van der Waals surface area contributed by atoms with Crippen LogP contribution in [0.3, 0.4) is 0 Å². The predicted molar refractivity (Wildman–Crippen MR) is 61.1 cm³/mol. The monoisotopic (exact) mass is 242 g/mol. The van der Waals surface area contributed by atoms with Crippen LogP contribution in [0, 0.1) is 0 Å². The molecular weight excluding hydrogens is 228 g/mol. The molecule has 0 saturated heterocycles. The van der Waals surface area contributed by atoms with Crippen LogP contribution in [-0.4, -0.2) is 14.1 Å². The Morgan fingerprint density at radius 3 is 2.46 bits per heavy atom. The molecule has 0 fully saturated rings. The molecule has 3 heteroatoms. The molecule has 1 rings (SSSR count). The van der Waals surface area contributed by atoms with E-state index >= 15 is 0 Å². The molecule has 1 aromatic rings. The van der Waals surface area contributed by atoms with Gasteiger partial charge in [0.15, 0.2) is 0 Å². The summed E-state index contributed by atoms with van der Waals surface area (Å²) < 4.78 is 1.08. The highest BCUT2D eigenvalue weighted by molar-refractivity contribution is 9.10. The van der Waals surface area contributed by atoms with E-state index in [2.05, 4.69) is 33.0 Å². The molecule has 1 aromatic carbocycles. The average Bonchev–Trinajstić information content (AvgIpc) is 2.03. The van der Waals surface area contributed by atoms with Gasteiger partial charge in [-0.25, -0.2) is 0 Å². The van der Waals surface area contributed by atoms with Gasteiger partial charge in [-0.05, 0) is 24.6 Å². The molecule has 0 radical (unpaired) electrons. The molecule has 1 atom stereocenters. The molecule has 0 aliphatic carbocycles. The zero-order valence-electron chi connectivity index (χ0n) is 8.21. The first kappa shape index (κ1) is 10.5. The summed E-state index contributed by atoms with van der Waals surface area (Å²) in [5.41, 5.74) is 8.21. The van der Waals surface area contributed by atoms with Gasteiger partial charge < -0.3 is 10.6 Å². The van der Waals surface area contributed by atoms with Gasteiger partial charge in [0, 0.05) is 30.3 Å². The molecule has 2 N–H and O–H groups in total. The molecule has 0 saturated carbocycles. The number of halogens is 1. The minimum Gasteiger partial charge on any atom is -0.377 e. The van der Waals surface area contributed by atoms with E-state index in [9.17, 15) is 0 Å². The highest BCUT2D eigenvalue weighted by atomic mass is 79.9. The number of hydrogen-bond donors (Lipinski definition) is 1. The summed E-state index contributed by atoms with van der Waals surface area (Å²) in [6, 6.07) is 6.24. The quantitative estimate of drug-likeness (QED) is 0.864. The standard InChI is InChI=1S/C10H15BrN2/c1-7(12)9-5-4-8(11)6-10(9)13(2)3/h4-7H,12H2,1-3H3. The maximum Gasteiger partial charge on any atom is 0.0420 e. The molecule has 0 aromatic heterocycles. The van der Waals surface area contributed by atoms with Crippen molar-refractivity contribution in [2.45, 2.75) is 13.0 Å². The number of benzene rings is 1. The van der Waals surface area contributed by atoms with Crippen LogP contribution >= 0.6 is 15.9 Å². The maximum absolute atomic E-state index is 5.86. The maximum atomic E-state index is 5.86. The summed E-state index contributed by atoms with van der Waals surface area (Å²) in [5, 5.41) is 0. The van der Waals surface area contributed by atoms with Gasteiger partial charge >= 0.3 is 0 Å². The third-order valence-corrected chi connectivity index (χ3v) is 2.46. The Hall–Kier alpha value is -0.540. The zero-order chi connectivity index (χ0) is 10.0. The fraction of sp³-hybridized carbons (Fsp3) is 0.400. The fourth-order valence-electron chi connectivity index (χ4n) is 1.29. The average molecular weight is 243 g/mol. The zero-order valence-corrected chi connectivity index (χ0v) is 9.80. The summed E-state index contributed by atoms with van der Waals surface area (Å²) in [5.74, 6) is 0. The molecule has 0 spiro atoms. The molecule has 0 heterocycles. The lowest BCUT2D eigenvalue weighted by Crippen LogP contribution is -2.15. The Morgan fingerprint density at radius 2 is 2.00 bits per heavy atom. The van der Waals surface area contributed by atoms with Gasteiger partial charge in [0.25, 0.3) is 0 Å². The van der Waals surface area contributed by atoms with Crippen LogP contribution in [-0.2, 0) is 0 Å². The number of anilines is 1. The van der Waals surface area contributed by atoms with E-state index in [-0.39, 0.29) is 6.04 Å². The summed E-state index contributed by atoms with van der Waals surface area (Å²) >= 11 is 3.45. The van der Waals surface area contributed by atoms with Gasteiger partial charge in [0.05, 0.1) is 0 Å². The normalized spacial score (nSPS) is 12.7. The van der Waals surface area contributed by atoms with Gasteiger partial charge in [-0.2, -0.15) is 0 Å². The van der Waals surface area contributed by atoms with Crippen LogP contribution < -0.4 is 10.6 Å². The third-order valence-electron chi connectivity index (χ3n) is 1.96. The van der Waals surface area contributed by atoms with Crippen molar-refractivity contribution < 1.29 is 0 Å². The first-order valence-corrected chi connectivity index (χ1v) is 5.04. The Balaban J connectivity index is 3.19. The SMILES string of the molecule is CC(N)c1ccc(Br)cc1N(C)C. The van der Waals surface area contributed by atoms with E-state index in [1.165, 1.54) is 11.3 Å². The summed E-state index contributed by atoms with van der Waals surface area (Å²) in [4.78, 5) is 2.07. The predicted octanol–water partition coefficient (Wildman–Crippen LogP) is 2.53. The van der Waals surface area contributed by atoms with Gasteiger partial charge in [-0.3, -0.25) is 0 Å². The molecule has 2 nitrogen and oxygen atoms in total. The van der Waals surface area contributed by atoms with Crippen molar-refractivity contribution in [1.82, 2.24) is 0 Å². The van der Waals surface area contributed by atoms with Crippen molar-refractivity contribution in [3.63, 3.8) is 0 Å². The number of nitrogens with two attached hydrogens (primary N) is 1. The van der Waals surface area contributed by atoms with Gasteiger partial charge in [-0.15, -0.1) is 0 Å². The van der Waals surface area contributed by atoms with Crippen molar-refractivity contribution in [3.05, 3.63) is 28.2 Å². The largest absolute Gasteiger partial charge is 0.377 e. The van der Waals surface area contributed by atoms with Gasteiger partial charge in [-0.1, -0.05) is 22.0 Å². The Morgan fingerprint density at radius 1 is 1.38 bits per heavy atom. The van der Waals surface area contributed by atoms with E-state index in [0.29, 0.717) is 0 Å². The lowest BCUT2D eigenvalue weighted by atomic mass is 10.1. The molecule has 0 aliphatic heterocycles. The summed E-state index contributed by atoms with van der Waals surface area (Å²) in [6.45, 7) is 2.00. The number of hydrogen-bond acceptors (Lipinski definition) is 2. The van der Waals surface area contributed by atoms with Crippen molar-refractivity contribution >= 4 is 21.6 Å². The Labute approximate surface area is 87.9 Å². The van der Waals surface area contributed by atoms with E-state index < -0.39 is 0 Å². The molecule has 13 heavy (non-hydrogen) atoms. The highest BCUT2D eigenvalue weighted by Gasteiger charge is 2.08. The second-order valence-electron chi connectivity index (χ2n) is 3.39. The van der Waals surface area contributed by atoms with Crippen molar-refractivity contribution in [1.29, 1.82) is 0 Å². The number of nitrogens with zero attached hydrogens (tertiary/aromatic N) is 1. The smallest absolute Gasteiger partial charge is 0.0420 e. The van der Waals surface area contributed by atoms with Crippen LogP contribution in [0.2, 0.25) is 0 Å². The Bertz CT molecular complexity index is 295. The Kier molecular flexibility index (Phi) is 3.33. The van der Waals surface area contributed by atoms with Crippen LogP contribution in [0.15, 0.2) is 22.7 Å². The lowest BCUT2D eigenvalue weighted by molar-refractivity contribution is 0.812. The highest BCUT2D eigenvalue weighted by Crippen LogP contribution is 2.27. The molecule has 0 amide bonds. The second kappa shape index (κ2) is 4.11. The van der Waals surface area contributed by atoms with Crippen LogP contribution in [0.25, 0.3) is 0 Å². The van der Waals surface area contributed by atoms with Gasteiger partial charge in [0.1, 0.15) is 0 Å². The molecule has 1 unspecified atom stereocenters. The van der Waals surface area contributed by atoms with Crippen LogP contribution in [0.4, 0.5) is 5.69 Å². The summed E-state index contributed by atoms with van der Waals surface area (Å²) in [7, 11) is 4.04. The fourth-order valence-corrected chi connectivity index (χ4v) is 1.64. The van der Waals surface area contributed by atoms with Crippen LogP contribution in [0.1, 0.15) is 18.5 Å². The number of rotatable bonds is 2. The first-order valence-electron chi connectivity index (χ1n) is 4.24. The van der Waals surface area contributed by atoms with Crippen LogP contribution in [0.5, 0.6) is 0 Å². The molecular formula is C10H15BrN2. The molecule has 0 bridgehead atoms. The third kappa shape index (κ3) is 2.45. The second-order valence-corrected chi connectivity index (χ2v) is 4.30. The van der Waals surface area contributed by atoms with E-state index in [1.807, 2.05) is 27.1 Å². The lowest BCUT2D eigenvalue weighted by Gasteiger charge is -2.19. The van der Waals surface area contributed by atoms with E-state index in [1.54, 1.807) is 0 Å². The van der Waals surface area contributed by atoms with Crippen molar-refractivity contribution in [2.24, 2.45) is 5.73 Å². The van der Waals surface area contributed by atoms with E-state index in [4.69, 9.17) is 5.73 Å². The van der Waals surface area contributed by atoms with Gasteiger partial charge in [0.2, 0.25) is 0 Å². The minimum absolute atomic E-state index is 0.0745. The van der Waals surface area contributed by atoms with E-state index in [0.717, 1.165) is 4.47 Å². The summed E-state index contributed by atoms with van der Waals surface area (Å²) in [6.07, 6.45) is 0. The van der Waals surface area contributed by atoms with Crippen molar-refractivity contribution in [3.8, 4) is 0 Å². The minimum atomic E-state index is 0.0745. The molecule has 0 aliphatic rings. The van der Waals surface area contributed by atoms with Crippen molar-refractivity contribution in [2.75, 3.05) is 19.0 Å². The molecule has 72 valence electrons. The topological polar surface area (TPSA) is 29.3 Å². The first-order chi connectivity index (χ1) is 6.02.